The largest absolute Gasteiger partial charge is 0.423 e. The third kappa shape index (κ3) is 5.75. The highest BCUT2D eigenvalue weighted by atomic mass is 35.5. The number of amides is 1. The summed E-state index contributed by atoms with van der Waals surface area (Å²) < 4.78 is 34.2. The molecule has 0 radical (unpaired) electrons. The minimum Gasteiger partial charge on any atom is -0.423 e. The number of anilines is 1. The van der Waals surface area contributed by atoms with Gasteiger partial charge in [-0.25, -0.2) is 13.2 Å². The molecule has 0 aromatic heterocycles. The van der Waals surface area contributed by atoms with E-state index in [-0.39, 0.29) is 21.9 Å². The summed E-state index contributed by atoms with van der Waals surface area (Å²) >= 11 is 11.8. The third-order valence-electron chi connectivity index (χ3n) is 5.74. The summed E-state index contributed by atoms with van der Waals surface area (Å²) in [7, 11) is -4.34. The molecule has 0 spiro atoms. The normalized spacial score (nSPS) is 11.2. The number of aryl methyl sites for hydroxylation is 3. The zero-order valence-corrected chi connectivity index (χ0v) is 23.1. The van der Waals surface area contributed by atoms with Crippen molar-refractivity contribution >= 4 is 50.8 Å². The number of carbonyl (C=O) groups is 2. The molecule has 0 N–H and O–H groups in total. The van der Waals surface area contributed by atoms with Crippen molar-refractivity contribution in [1.29, 1.82) is 0 Å². The predicted molar refractivity (Wildman–Crippen MR) is 149 cm³/mol. The van der Waals surface area contributed by atoms with Gasteiger partial charge >= 0.3 is 5.97 Å². The summed E-state index contributed by atoms with van der Waals surface area (Å²) in [5.74, 6) is -1.19. The van der Waals surface area contributed by atoms with Crippen LogP contribution in [0.3, 0.4) is 0 Å². The van der Waals surface area contributed by atoms with Gasteiger partial charge in [-0.2, -0.15) is 4.31 Å². The number of benzene rings is 4. The molecule has 9 heteroatoms. The van der Waals surface area contributed by atoms with Gasteiger partial charge in [0.2, 0.25) is 0 Å². The van der Waals surface area contributed by atoms with Crippen molar-refractivity contribution in [3.8, 4) is 5.75 Å². The molecule has 6 nitrogen and oxygen atoms in total. The molecule has 194 valence electrons. The number of hydrogen-bond acceptors (Lipinski definition) is 5. The molecule has 4 aromatic rings. The SMILES string of the molecule is Cc1cc(C)c(S(=O)(=O)N(C(=O)c2ccc(Cl)cc2)c2ccc(OC(=O)c3ccc(Cl)cc3)cc2)c(C)c1. The van der Waals surface area contributed by atoms with E-state index in [4.69, 9.17) is 27.9 Å². The smallest absolute Gasteiger partial charge is 0.343 e. The Balaban J connectivity index is 1.75. The van der Waals surface area contributed by atoms with Crippen LogP contribution in [0.25, 0.3) is 0 Å². The number of ether oxygens (including phenoxy) is 1. The van der Waals surface area contributed by atoms with Crippen LogP contribution >= 0.6 is 23.2 Å². The maximum Gasteiger partial charge on any atom is 0.343 e. The van der Waals surface area contributed by atoms with Gasteiger partial charge in [-0.3, -0.25) is 4.79 Å². The second kappa shape index (κ2) is 11.0. The Hall–Kier alpha value is -3.65. The number of rotatable bonds is 6. The maximum absolute atomic E-state index is 14.0. The first-order valence-corrected chi connectivity index (χ1v) is 13.7. The summed E-state index contributed by atoms with van der Waals surface area (Å²) in [6.45, 7) is 5.26. The number of nitrogens with zero attached hydrogens (tertiary/aromatic N) is 1. The topological polar surface area (TPSA) is 80.8 Å². The Morgan fingerprint density at radius 1 is 0.711 bits per heavy atom. The molecule has 0 fully saturated rings. The summed E-state index contributed by atoms with van der Waals surface area (Å²) in [4.78, 5) is 26.2. The van der Waals surface area contributed by atoms with Gasteiger partial charge in [-0.15, -0.1) is 0 Å². The Morgan fingerprint density at radius 3 is 1.68 bits per heavy atom. The molecular weight excluding hydrogens is 545 g/mol. The first kappa shape index (κ1) is 27.4. The van der Waals surface area contributed by atoms with Crippen LogP contribution in [0.15, 0.2) is 89.8 Å². The van der Waals surface area contributed by atoms with Crippen LogP contribution < -0.4 is 9.04 Å². The number of carbonyl (C=O) groups excluding carboxylic acids is 2. The van der Waals surface area contributed by atoms with Crippen LogP contribution in [0.4, 0.5) is 5.69 Å². The van der Waals surface area contributed by atoms with E-state index in [9.17, 15) is 18.0 Å². The Morgan fingerprint density at radius 2 is 1.18 bits per heavy atom. The second-order valence-electron chi connectivity index (χ2n) is 8.70. The summed E-state index contributed by atoms with van der Waals surface area (Å²) in [6.07, 6.45) is 0. The van der Waals surface area contributed by atoms with Crippen molar-refractivity contribution in [2.75, 3.05) is 4.31 Å². The van der Waals surface area contributed by atoms with Crippen molar-refractivity contribution in [1.82, 2.24) is 0 Å². The predicted octanol–water partition coefficient (Wildman–Crippen LogP) is 7.17. The lowest BCUT2D eigenvalue weighted by molar-refractivity contribution is 0.0734. The molecule has 0 saturated heterocycles. The molecule has 0 bridgehead atoms. The van der Waals surface area contributed by atoms with Gasteiger partial charge in [0.05, 0.1) is 16.1 Å². The van der Waals surface area contributed by atoms with E-state index in [1.807, 2.05) is 6.92 Å². The molecule has 0 atom stereocenters. The van der Waals surface area contributed by atoms with E-state index in [1.54, 1.807) is 38.1 Å². The third-order valence-corrected chi connectivity index (χ3v) is 8.26. The fourth-order valence-corrected chi connectivity index (χ4v) is 6.23. The summed E-state index contributed by atoms with van der Waals surface area (Å²) in [5.41, 5.74) is 2.45. The van der Waals surface area contributed by atoms with Gasteiger partial charge < -0.3 is 4.74 Å². The lowest BCUT2D eigenvalue weighted by Gasteiger charge is -2.25. The molecule has 4 aromatic carbocycles. The van der Waals surface area contributed by atoms with Crippen molar-refractivity contribution in [3.05, 3.63) is 123 Å². The first-order chi connectivity index (χ1) is 18.0. The Labute approximate surface area is 231 Å². The summed E-state index contributed by atoms with van der Waals surface area (Å²) in [6, 6.07) is 21.3. The fraction of sp³-hybridized carbons (Fsp3) is 0.103. The van der Waals surface area contributed by atoms with Gasteiger partial charge in [0.1, 0.15) is 5.75 Å². The van der Waals surface area contributed by atoms with Gasteiger partial charge in [0.15, 0.2) is 0 Å². The number of sulfonamides is 1. The fourth-order valence-electron chi connectivity index (χ4n) is 4.14. The van der Waals surface area contributed by atoms with Crippen LogP contribution in [-0.2, 0) is 10.0 Å². The Bertz CT molecular complexity index is 1590. The number of esters is 1. The van der Waals surface area contributed by atoms with Gasteiger partial charge in [0.25, 0.3) is 15.9 Å². The highest BCUT2D eigenvalue weighted by molar-refractivity contribution is 7.93. The van der Waals surface area contributed by atoms with E-state index in [1.165, 1.54) is 60.7 Å². The standard InChI is InChI=1S/C29H23Cl2NO5S/c1-18-16-19(2)27(20(3)17-18)38(35,36)32(28(33)21-4-8-23(30)9-5-21)25-12-14-26(15-13-25)37-29(34)22-6-10-24(31)11-7-22/h4-17H,1-3H3. The molecule has 4 rings (SSSR count). The molecule has 0 aliphatic heterocycles. The van der Waals surface area contributed by atoms with Crippen molar-refractivity contribution in [3.63, 3.8) is 0 Å². The molecule has 0 saturated carbocycles. The van der Waals surface area contributed by atoms with Crippen molar-refractivity contribution in [2.45, 2.75) is 25.7 Å². The average Bonchev–Trinajstić information content (AvgIpc) is 2.85. The number of hydrogen-bond donors (Lipinski definition) is 0. The molecule has 0 aliphatic rings. The van der Waals surface area contributed by atoms with Crippen LogP contribution in [-0.4, -0.2) is 20.3 Å². The molecule has 0 aliphatic carbocycles. The van der Waals surface area contributed by atoms with Gasteiger partial charge in [-0.1, -0.05) is 40.9 Å². The van der Waals surface area contributed by atoms with E-state index in [0.29, 0.717) is 26.7 Å². The van der Waals surface area contributed by atoms with E-state index < -0.39 is 21.9 Å². The van der Waals surface area contributed by atoms with E-state index >= 15 is 0 Å². The molecule has 0 heterocycles. The zero-order chi connectivity index (χ0) is 27.6. The van der Waals surface area contributed by atoms with Crippen molar-refractivity contribution in [2.24, 2.45) is 0 Å². The van der Waals surface area contributed by atoms with Crippen LogP contribution in [0, 0.1) is 20.8 Å². The Kier molecular flexibility index (Phi) is 7.92. The van der Waals surface area contributed by atoms with Gasteiger partial charge in [-0.05, 0) is 105 Å². The molecular formula is C29H23Cl2NO5S. The number of halogens is 2. The van der Waals surface area contributed by atoms with Gasteiger partial charge in [0, 0.05) is 15.6 Å². The lowest BCUT2D eigenvalue weighted by Crippen LogP contribution is -2.37. The highest BCUT2D eigenvalue weighted by Gasteiger charge is 2.34. The van der Waals surface area contributed by atoms with Crippen LogP contribution in [0.2, 0.25) is 10.0 Å². The second-order valence-corrected chi connectivity index (χ2v) is 11.3. The highest BCUT2D eigenvalue weighted by Crippen LogP contribution is 2.32. The molecule has 38 heavy (non-hydrogen) atoms. The monoisotopic (exact) mass is 567 g/mol. The minimum atomic E-state index is -4.34. The first-order valence-electron chi connectivity index (χ1n) is 11.5. The molecule has 0 unspecified atom stereocenters. The zero-order valence-electron chi connectivity index (χ0n) is 20.7. The molecule has 1 amide bonds. The van der Waals surface area contributed by atoms with E-state index in [0.717, 1.165) is 9.87 Å². The quantitative estimate of drug-likeness (QED) is 0.182. The van der Waals surface area contributed by atoms with Crippen LogP contribution in [0.1, 0.15) is 37.4 Å². The van der Waals surface area contributed by atoms with Crippen molar-refractivity contribution < 1.29 is 22.7 Å². The maximum atomic E-state index is 14.0. The van der Waals surface area contributed by atoms with E-state index in [2.05, 4.69) is 0 Å². The van der Waals surface area contributed by atoms with Crippen LogP contribution in [0.5, 0.6) is 5.75 Å². The lowest BCUT2D eigenvalue weighted by atomic mass is 10.1. The minimum absolute atomic E-state index is 0.0451. The average molecular weight is 568 g/mol. The summed E-state index contributed by atoms with van der Waals surface area (Å²) in [5, 5.41) is 0.893.